The summed E-state index contributed by atoms with van der Waals surface area (Å²) >= 11 is 0. The highest BCUT2D eigenvalue weighted by Gasteiger charge is 2.18. The van der Waals surface area contributed by atoms with Crippen LogP contribution in [0.25, 0.3) is 0 Å². The maximum absolute atomic E-state index is 11.8. The largest absolute Gasteiger partial charge is 0.460 e. The Kier molecular flexibility index (Phi) is 65.1. The molecule has 1 atom stereocenters. The first-order valence-corrected chi connectivity index (χ1v) is 27.8. The molecule has 0 aromatic heterocycles. The van der Waals surface area contributed by atoms with Gasteiger partial charge in [-0.05, 0) is 27.7 Å². The standard InChI is InChI=1S/C53H106O25/c1-51(50-52(54)78-53(2,3)4)77-49-48-76-47-46-75-45-44-74-43-42-73-41-40-72-39-38-71-37-36-70-35-34-69-33-32-68-31-30-67-29-28-66-27-26-65-25-24-64-23-22-63-21-20-62-19-18-61-17-16-60-15-14-59-13-12-58-11-10-57-9-8-56-7-6-55-5/h51H,6-50H2,1-5H3. The number of hydrogen-bond donors (Lipinski definition) is 0. The lowest BCUT2D eigenvalue weighted by molar-refractivity contribution is -0.158. The lowest BCUT2D eigenvalue weighted by Gasteiger charge is -2.21. The smallest absolute Gasteiger partial charge is 0.308 e. The molecule has 0 aliphatic rings. The fourth-order valence-corrected chi connectivity index (χ4v) is 5.63. The lowest BCUT2D eigenvalue weighted by Crippen LogP contribution is -2.27. The molecule has 0 amide bonds. The molecule has 0 saturated heterocycles. The maximum Gasteiger partial charge on any atom is 0.308 e. The Balaban J connectivity index is 3.11. The third-order valence-electron chi connectivity index (χ3n) is 9.38. The molecule has 0 fully saturated rings. The molecule has 0 aromatic rings. The van der Waals surface area contributed by atoms with E-state index >= 15 is 0 Å². The van der Waals surface area contributed by atoms with Gasteiger partial charge in [-0.15, -0.1) is 0 Å². The summed E-state index contributed by atoms with van der Waals surface area (Å²) in [5.74, 6) is -0.273. The third kappa shape index (κ3) is 70.7. The molecule has 0 spiro atoms. The molecule has 0 aliphatic heterocycles. The number of methoxy groups -OCH3 is 1. The van der Waals surface area contributed by atoms with Crippen LogP contribution in [0.1, 0.15) is 34.1 Å². The fourth-order valence-electron chi connectivity index (χ4n) is 5.63. The molecule has 0 saturated carbocycles. The number of esters is 1. The Morgan fingerprint density at radius 3 is 0.538 bits per heavy atom. The quantitative estimate of drug-likeness (QED) is 0.0626. The monoisotopic (exact) mass is 1140 g/mol. The normalized spacial score (nSPS) is 12.3. The van der Waals surface area contributed by atoms with Crippen molar-refractivity contribution in [3.05, 3.63) is 0 Å². The molecule has 25 nitrogen and oxygen atoms in total. The van der Waals surface area contributed by atoms with E-state index in [2.05, 4.69) is 0 Å². The van der Waals surface area contributed by atoms with Gasteiger partial charge < -0.3 is 114 Å². The van der Waals surface area contributed by atoms with Crippen LogP contribution in [-0.4, -0.2) is 315 Å². The van der Waals surface area contributed by atoms with Crippen molar-refractivity contribution >= 4 is 5.97 Å². The van der Waals surface area contributed by atoms with E-state index in [1.165, 1.54) is 0 Å². The summed E-state index contributed by atoms with van der Waals surface area (Å²) in [4.78, 5) is 11.8. The molecule has 468 valence electrons. The van der Waals surface area contributed by atoms with E-state index in [-0.39, 0.29) is 18.5 Å². The average Bonchev–Trinajstić information content (AvgIpc) is 3.41. The maximum atomic E-state index is 11.8. The van der Waals surface area contributed by atoms with E-state index in [0.717, 1.165) is 0 Å². The summed E-state index contributed by atoms with van der Waals surface area (Å²) in [5, 5.41) is 0. The van der Waals surface area contributed by atoms with E-state index < -0.39 is 5.60 Å². The van der Waals surface area contributed by atoms with Crippen molar-refractivity contribution in [2.24, 2.45) is 0 Å². The summed E-state index contributed by atoms with van der Waals surface area (Å²) in [6.45, 7) is 29.0. The van der Waals surface area contributed by atoms with Crippen molar-refractivity contribution in [1.82, 2.24) is 0 Å². The van der Waals surface area contributed by atoms with Crippen LogP contribution in [0.5, 0.6) is 0 Å². The van der Waals surface area contributed by atoms with Crippen LogP contribution in [0.2, 0.25) is 0 Å². The minimum Gasteiger partial charge on any atom is -0.460 e. The van der Waals surface area contributed by atoms with Crippen LogP contribution in [0.15, 0.2) is 0 Å². The molecule has 0 aliphatic carbocycles. The van der Waals surface area contributed by atoms with Gasteiger partial charge in [0.1, 0.15) is 5.60 Å². The van der Waals surface area contributed by atoms with Gasteiger partial charge in [0.2, 0.25) is 0 Å². The van der Waals surface area contributed by atoms with Crippen molar-refractivity contribution < 1.29 is 118 Å². The summed E-state index contributed by atoms with van der Waals surface area (Å²) in [7, 11) is 1.64. The van der Waals surface area contributed by atoms with E-state index in [1.807, 2.05) is 27.7 Å². The topological polar surface area (TPSA) is 239 Å². The van der Waals surface area contributed by atoms with Crippen LogP contribution in [-0.2, 0) is 118 Å². The molecule has 78 heavy (non-hydrogen) atoms. The lowest BCUT2D eigenvalue weighted by atomic mass is 10.2. The summed E-state index contributed by atoms with van der Waals surface area (Å²) < 4.78 is 131. The predicted molar refractivity (Wildman–Crippen MR) is 285 cm³/mol. The number of carbonyl (C=O) groups excluding carboxylic acids is 1. The van der Waals surface area contributed by atoms with E-state index in [0.29, 0.717) is 291 Å². The first-order chi connectivity index (χ1) is 38.3. The molecule has 0 heterocycles. The number of hydrogen-bond acceptors (Lipinski definition) is 25. The second-order valence-electron chi connectivity index (χ2n) is 17.3. The third-order valence-corrected chi connectivity index (χ3v) is 9.38. The Hall–Kier alpha value is -1.45. The zero-order chi connectivity index (χ0) is 56.4. The van der Waals surface area contributed by atoms with Crippen molar-refractivity contribution in [2.75, 3.05) is 298 Å². The van der Waals surface area contributed by atoms with Crippen molar-refractivity contribution in [1.29, 1.82) is 0 Å². The molecule has 0 radical (unpaired) electrons. The molecule has 1 unspecified atom stereocenters. The highest BCUT2D eigenvalue weighted by molar-refractivity contribution is 5.70. The SMILES string of the molecule is COCCOCCOCCOCCOCCOCCOCCOCCOCCOCCOCCOCCOCCOCCOCCOCCOCCOCCOCCOCCOCCOCCOC(C)CC(=O)OC(C)(C)C. The highest BCUT2D eigenvalue weighted by atomic mass is 16.6. The minimum absolute atomic E-state index is 0.211. The van der Waals surface area contributed by atoms with E-state index in [4.69, 9.17) is 114 Å². The highest BCUT2D eigenvalue weighted by Crippen LogP contribution is 2.10. The van der Waals surface area contributed by atoms with Crippen LogP contribution in [0, 0.1) is 0 Å². The van der Waals surface area contributed by atoms with Gasteiger partial charge in [-0.2, -0.15) is 0 Å². The van der Waals surface area contributed by atoms with Gasteiger partial charge >= 0.3 is 5.97 Å². The Bertz CT molecular complexity index is 1130. The summed E-state index contributed by atoms with van der Waals surface area (Å²) in [6.07, 6.45) is -0.0198. The molecule has 25 heteroatoms. The Morgan fingerprint density at radius 2 is 0.397 bits per heavy atom. The van der Waals surface area contributed by atoms with Gasteiger partial charge in [0, 0.05) is 7.11 Å². The van der Waals surface area contributed by atoms with Gasteiger partial charge in [-0.1, -0.05) is 0 Å². The molecular weight excluding hydrogens is 1040 g/mol. The van der Waals surface area contributed by atoms with Gasteiger partial charge in [0.05, 0.1) is 303 Å². The van der Waals surface area contributed by atoms with Crippen molar-refractivity contribution in [3.8, 4) is 0 Å². The number of ether oxygens (including phenoxy) is 24. The zero-order valence-corrected chi connectivity index (χ0v) is 48.6. The van der Waals surface area contributed by atoms with Gasteiger partial charge in [0.15, 0.2) is 0 Å². The number of carbonyl (C=O) groups is 1. The zero-order valence-electron chi connectivity index (χ0n) is 48.6. The fraction of sp³-hybridized carbons (Fsp3) is 0.981. The van der Waals surface area contributed by atoms with Gasteiger partial charge in [0.25, 0.3) is 0 Å². The van der Waals surface area contributed by atoms with Crippen LogP contribution >= 0.6 is 0 Å². The van der Waals surface area contributed by atoms with Crippen LogP contribution in [0.3, 0.4) is 0 Å². The molecule has 0 aromatic carbocycles. The average molecular weight is 1140 g/mol. The molecule has 0 N–H and O–H groups in total. The molecule has 0 rings (SSSR count). The first kappa shape index (κ1) is 76.5. The molecule has 0 bridgehead atoms. The van der Waals surface area contributed by atoms with Crippen molar-refractivity contribution in [2.45, 2.75) is 45.8 Å². The van der Waals surface area contributed by atoms with E-state index in [9.17, 15) is 4.79 Å². The minimum atomic E-state index is -0.497. The van der Waals surface area contributed by atoms with E-state index in [1.54, 1.807) is 7.11 Å². The van der Waals surface area contributed by atoms with Gasteiger partial charge in [-0.25, -0.2) is 0 Å². The Morgan fingerprint density at radius 1 is 0.256 bits per heavy atom. The van der Waals surface area contributed by atoms with Crippen molar-refractivity contribution in [3.63, 3.8) is 0 Å². The first-order valence-electron chi connectivity index (χ1n) is 27.8. The summed E-state index contributed by atoms with van der Waals surface area (Å²) in [5.41, 5.74) is -0.497. The van der Waals surface area contributed by atoms with Crippen LogP contribution in [0.4, 0.5) is 0 Å². The Labute approximate surface area is 467 Å². The molecular formula is C53H106O25. The second kappa shape index (κ2) is 66.4. The second-order valence-corrected chi connectivity index (χ2v) is 17.3. The number of rotatable bonds is 69. The predicted octanol–water partition coefficient (Wildman–Crippen LogP) is 2.12. The van der Waals surface area contributed by atoms with Gasteiger partial charge in [-0.3, -0.25) is 4.79 Å². The summed E-state index contributed by atoms with van der Waals surface area (Å²) in [6, 6.07) is 0. The van der Waals surface area contributed by atoms with Crippen LogP contribution < -0.4 is 0 Å².